The largest absolute Gasteiger partial charge is 0.380 e. The lowest BCUT2D eigenvalue weighted by Gasteiger charge is -2.47. The van der Waals surface area contributed by atoms with E-state index in [0.717, 1.165) is 61.3 Å². The Kier molecular flexibility index (Phi) is 4.45. The number of hydrogen-bond donors (Lipinski definition) is 1. The van der Waals surface area contributed by atoms with Crippen molar-refractivity contribution in [3.05, 3.63) is 72.2 Å². The van der Waals surface area contributed by atoms with E-state index in [1.807, 2.05) is 29.2 Å². The van der Waals surface area contributed by atoms with E-state index in [9.17, 15) is 0 Å². The lowest BCUT2D eigenvalue weighted by atomic mass is 9.77. The lowest BCUT2D eigenvalue weighted by Crippen LogP contribution is -2.50. The molecule has 170 valence electrons. The molecule has 34 heavy (non-hydrogen) atoms. The summed E-state index contributed by atoms with van der Waals surface area (Å²) in [4.78, 5) is 16.3. The van der Waals surface area contributed by atoms with Gasteiger partial charge in [-0.15, -0.1) is 0 Å². The van der Waals surface area contributed by atoms with E-state index in [0.29, 0.717) is 5.41 Å². The Bertz CT molecular complexity index is 1390. The van der Waals surface area contributed by atoms with Crippen LogP contribution in [0.2, 0.25) is 0 Å². The quantitative estimate of drug-likeness (QED) is 0.489. The second-order valence-electron chi connectivity index (χ2n) is 9.67. The molecule has 7 heteroatoms. The molecular formula is C27H26N6O. The summed E-state index contributed by atoms with van der Waals surface area (Å²) in [5, 5.41) is 3.50. The maximum Gasteiger partial charge on any atom is 0.180 e. The van der Waals surface area contributed by atoms with Crippen molar-refractivity contribution in [3.8, 4) is 11.3 Å². The molecule has 2 aromatic carbocycles. The van der Waals surface area contributed by atoms with Crippen LogP contribution in [-0.4, -0.2) is 46.9 Å². The fraction of sp³-hybridized carbons (Fsp3) is 0.296. The molecule has 2 aromatic heterocycles. The number of anilines is 3. The predicted molar refractivity (Wildman–Crippen MR) is 134 cm³/mol. The van der Waals surface area contributed by atoms with Crippen molar-refractivity contribution < 1.29 is 4.74 Å². The topological polar surface area (TPSA) is 67.0 Å². The SMILES string of the molecule is C1=NCc2cc(-c3cn4ccnc4c(Nc4ccc(N5CCC6(CC5)COC6)cc4)n3)ccc21. The Morgan fingerprint density at radius 1 is 1.00 bits per heavy atom. The van der Waals surface area contributed by atoms with Crippen molar-refractivity contribution >= 4 is 29.1 Å². The molecule has 0 saturated carbocycles. The van der Waals surface area contributed by atoms with E-state index in [2.05, 4.69) is 62.7 Å². The fourth-order valence-corrected chi connectivity index (χ4v) is 5.24. The molecule has 0 atom stereocenters. The third-order valence-corrected chi connectivity index (χ3v) is 7.44. The van der Waals surface area contributed by atoms with Crippen LogP contribution in [0.5, 0.6) is 0 Å². The van der Waals surface area contributed by atoms with E-state index in [4.69, 9.17) is 9.72 Å². The predicted octanol–water partition coefficient (Wildman–Crippen LogP) is 4.69. The Labute approximate surface area is 198 Å². The molecule has 0 unspecified atom stereocenters. The molecule has 1 N–H and O–H groups in total. The number of nitrogens with one attached hydrogen (secondary N) is 1. The number of nitrogens with zero attached hydrogens (tertiary/aromatic N) is 5. The van der Waals surface area contributed by atoms with Gasteiger partial charge in [0.2, 0.25) is 0 Å². The van der Waals surface area contributed by atoms with E-state index in [1.54, 1.807) is 0 Å². The van der Waals surface area contributed by atoms with Crippen LogP contribution in [0.1, 0.15) is 24.0 Å². The number of imidazole rings is 1. The standard InChI is InChI=1S/C27H26N6O/c1-2-20-14-28-15-21(20)13-19(1)24-16-33-12-9-29-26(33)25(31-24)30-22-3-5-23(6-4-22)32-10-7-27(8-11-32)17-34-18-27/h1-6,9,12-14,16H,7-8,10-11,15,17-18H2,(H,30,31). The van der Waals surface area contributed by atoms with Crippen molar-refractivity contribution in [2.75, 3.05) is 36.5 Å². The monoisotopic (exact) mass is 450 g/mol. The summed E-state index contributed by atoms with van der Waals surface area (Å²) in [6.45, 7) is 4.81. The van der Waals surface area contributed by atoms with Gasteiger partial charge in [0.1, 0.15) is 0 Å². The minimum Gasteiger partial charge on any atom is -0.380 e. The van der Waals surface area contributed by atoms with Crippen LogP contribution in [0, 0.1) is 5.41 Å². The molecule has 5 heterocycles. The van der Waals surface area contributed by atoms with Crippen molar-refractivity contribution in [2.45, 2.75) is 19.4 Å². The molecule has 7 rings (SSSR count). The van der Waals surface area contributed by atoms with Gasteiger partial charge in [-0.2, -0.15) is 0 Å². The number of aromatic nitrogens is 3. The van der Waals surface area contributed by atoms with Crippen molar-refractivity contribution in [1.29, 1.82) is 0 Å². The molecule has 7 nitrogen and oxygen atoms in total. The maximum absolute atomic E-state index is 5.46. The number of aliphatic imine (C=N–C) groups is 1. The fourth-order valence-electron chi connectivity index (χ4n) is 5.24. The average Bonchev–Trinajstić information content (AvgIpc) is 3.53. The number of fused-ring (bicyclic) bond motifs is 2. The average molecular weight is 451 g/mol. The summed E-state index contributed by atoms with van der Waals surface area (Å²) < 4.78 is 7.49. The van der Waals surface area contributed by atoms with Crippen LogP contribution >= 0.6 is 0 Å². The summed E-state index contributed by atoms with van der Waals surface area (Å²) in [5.41, 5.74) is 7.95. The van der Waals surface area contributed by atoms with Crippen molar-refractivity contribution in [1.82, 2.24) is 14.4 Å². The highest BCUT2D eigenvalue weighted by Crippen LogP contribution is 2.39. The minimum absolute atomic E-state index is 0.454. The van der Waals surface area contributed by atoms with Gasteiger partial charge in [0.15, 0.2) is 11.5 Å². The molecule has 2 saturated heterocycles. The molecule has 3 aliphatic heterocycles. The van der Waals surface area contributed by atoms with Crippen LogP contribution < -0.4 is 10.2 Å². The lowest BCUT2D eigenvalue weighted by molar-refractivity contribution is -0.124. The first-order valence-corrected chi connectivity index (χ1v) is 11.9. The minimum atomic E-state index is 0.454. The molecule has 0 radical (unpaired) electrons. The van der Waals surface area contributed by atoms with Gasteiger partial charge in [0, 0.05) is 60.2 Å². The van der Waals surface area contributed by atoms with E-state index >= 15 is 0 Å². The van der Waals surface area contributed by atoms with Gasteiger partial charge in [-0.1, -0.05) is 12.1 Å². The Balaban J connectivity index is 1.14. The van der Waals surface area contributed by atoms with E-state index in [-0.39, 0.29) is 0 Å². The normalized spacial score (nSPS) is 18.3. The summed E-state index contributed by atoms with van der Waals surface area (Å²) in [5.74, 6) is 0.747. The summed E-state index contributed by atoms with van der Waals surface area (Å²) in [6.07, 6.45) is 10.2. The maximum atomic E-state index is 5.46. The zero-order valence-electron chi connectivity index (χ0n) is 18.9. The zero-order valence-corrected chi connectivity index (χ0v) is 18.9. The van der Waals surface area contributed by atoms with Crippen LogP contribution in [0.25, 0.3) is 16.9 Å². The smallest absolute Gasteiger partial charge is 0.180 e. The molecule has 0 amide bonds. The van der Waals surface area contributed by atoms with Crippen molar-refractivity contribution in [2.24, 2.45) is 10.4 Å². The zero-order chi connectivity index (χ0) is 22.5. The first-order valence-electron chi connectivity index (χ1n) is 11.9. The molecule has 4 aromatic rings. The third-order valence-electron chi connectivity index (χ3n) is 7.44. The van der Waals surface area contributed by atoms with Crippen molar-refractivity contribution in [3.63, 3.8) is 0 Å². The first-order chi connectivity index (χ1) is 16.7. The number of ether oxygens (including phenoxy) is 1. The third kappa shape index (κ3) is 3.35. The van der Waals surface area contributed by atoms with Gasteiger partial charge in [0.25, 0.3) is 0 Å². The van der Waals surface area contributed by atoms with E-state index < -0.39 is 0 Å². The number of hydrogen-bond acceptors (Lipinski definition) is 6. The molecule has 1 spiro atoms. The number of piperidine rings is 1. The summed E-state index contributed by atoms with van der Waals surface area (Å²) in [7, 11) is 0. The Morgan fingerprint density at radius 2 is 1.85 bits per heavy atom. The molecule has 0 bridgehead atoms. The van der Waals surface area contributed by atoms with Gasteiger partial charge in [-0.05, 0) is 54.3 Å². The number of benzene rings is 2. The summed E-state index contributed by atoms with van der Waals surface area (Å²) in [6, 6.07) is 15.1. The van der Waals surface area contributed by atoms with Crippen LogP contribution in [0.3, 0.4) is 0 Å². The Hall–Kier alpha value is -3.71. The highest BCUT2D eigenvalue weighted by atomic mass is 16.5. The first kappa shape index (κ1) is 19.7. The van der Waals surface area contributed by atoms with Crippen LogP contribution in [0.15, 0.2) is 66.0 Å². The van der Waals surface area contributed by atoms with Crippen LogP contribution in [-0.2, 0) is 11.3 Å². The highest BCUT2D eigenvalue weighted by Gasteiger charge is 2.41. The summed E-state index contributed by atoms with van der Waals surface area (Å²) >= 11 is 0. The van der Waals surface area contributed by atoms with Gasteiger partial charge in [0.05, 0.1) is 25.5 Å². The highest BCUT2D eigenvalue weighted by molar-refractivity contribution is 5.86. The Morgan fingerprint density at radius 3 is 2.65 bits per heavy atom. The van der Waals surface area contributed by atoms with Gasteiger partial charge in [-0.3, -0.25) is 4.99 Å². The number of rotatable bonds is 4. The van der Waals surface area contributed by atoms with E-state index in [1.165, 1.54) is 29.7 Å². The molecule has 3 aliphatic rings. The second-order valence-corrected chi connectivity index (χ2v) is 9.67. The molecular weight excluding hydrogens is 424 g/mol. The van der Waals surface area contributed by atoms with Gasteiger partial charge >= 0.3 is 0 Å². The molecule has 0 aliphatic carbocycles. The molecule has 2 fully saturated rings. The van der Waals surface area contributed by atoms with Crippen LogP contribution in [0.4, 0.5) is 17.2 Å². The second kappa shape index (κ2) is 7.67. The van der Waals surface area contributed by atoms with Gasteiger partial charge in [-0.25, -0.2) is 9.97 Å². The van der Waals surface area contributed by atoms with Gasteiger partial charge < -0.3 is 19.4 Å².